The fraction of sp³-hybridized carbons (Fsp3) is 0.467. The van der Waals surface area contributed by atoms with Crippen molar-refractivity contribution in [2.45, 2.75) is 25.7 Å². The highest BCUT2D eigenvalue weighted by molar-refractivity contribution is 7.80. The van der Waals surface area contributed by atoms with Crippen LogP contribution in [0.15, 0.2) is 30.3 Å². The highest BCUT2D eigenvalue weighted by atomic mass is 32.1. The van der Waals surface area contributed by atoms with Crippen LogP contribution in [0.5, 0.6) is 0 Å². The number of carbonyl (C=O) groups is 1. The Balaban J connectivity index is 2.17. The van der Waals surface area contributed by atoms with Gasteiger partial charge in [0.2, 0.25) is 5.91 Å². The molecule has 1 aromatic rings. The third-order valence-corrected chi connectivity index (χ3v) is 4.07. The van der Waals surface area contributed by atoms with Crippen molar-refractivity contribution >= 4 is 23.1 Å². The number of nitrogens with two attached hydrogens (primary N) is 1. The summed E-state index contributed by atoms with van der Waals surface area (Å²) in [5, 5.41) is 0. The lowest BCUT2D eigenvalue weighted by Gasteiger charge is -2.23. The maximum atomic E-state index is 12.6. The fourth-order valence-corrected chi connectivity index (χ4v) is 2.86. The molecule has 2 rings (SSSR count). The van der Waals surface area contributed by atoms with E-state index in [4.69, 9.17) is 18.0 Å². The van der Waals surface area contributed by atoms with E-state index < -0.39 is 5.92 Å². The first-order valence-electron chi connectivity index (χ1n) is 6.76. The summed E-state index contributed by atoms with van der Waals surface area (Å²) in [6.45, 7) is 3.82. The zero-order chi connectivity index (χ0) is 13.8. The van der Waals surface area contributed by atoms with Gasteiger partial charge in [-0.3, -0.25) is 4.79 Å². The third kappa shape index (κ3) is 3.13. The standard InChI is InChI=1S/C15H20N2OS/c1-2-11-8-9-17(10-11)15(18)13(14(16)19)12-6-4-3-5-7-12/h3-7,11,13H,2,8-10H2,1H3,(H2,16,19). The summed E-state index contributed by atoms with van der Waals surface area (Å²) >= 11 is 5.10. The number of amides is 1. The molecule has 2 atom stereocenters. The number of hydrogen-bond acceptors (Lipinski definition) is 2. The Labute approximate surface area is 119 Å². The van der Waals surface area contributed by atoms with E-state index >= 15 is 0 Å². The summed E-state index contributed by atoms with van der Waals surface area (Å²) in [5.41, 5.74) is 6.68. The minimum atomic E-state index is -0.480. The van der Waals surface area contributed by atoms with Crippen LogP contribution in [0.25, 0.3) is 0 Å². The summed E-state index contributed by atoms with van der Waals surface area (Å²) in [5.74, 6) is 0.188. The number of likely N-dealkylation sites (tertiary alicyclic amines) is 1. The first kappa shape index (κ1) is 14.0. The Morgan fingerprint density at radius 3 is 2.68 bits per heavy atom. The molecule has 102 valence electrons. The molecule has 2 unspecified atom stereocenters. The van der Waals surface area contributed by atoms with Crippen molar-refractivity contribution in [3.05, 3.63) is 35.9 Å². The molecule has 0 aliphatic carbocycles. The van der Waals surface area contributed by atoms with E-state index in [0.717, 1.165) is 31.5 Å². The number of hydrogen-bond donors (Lipinski definition) is 1. The lowest BCUT2D eigenvalue weighted by atomic mass is 9.97. The van der Waals surface area contributed by atoms with Crippen molar-refractivity contribution in [2.24, 2.45) is 11.7 Å². The van der Waals surface area contributed by atoms with Crippen molar-refractivity contribution in [3.63, 3.8) is 0 Å². The number of benzene rings is 1. The molecule has 0 bridgehead atoms. The van der Waals surface area contributed by atoms with Gasteiger partial charge in [0.25, 0.3) is 0 Å². The van der Waals surface area contributed by atoms with E-state index in [9.17, 15) is 4.79 Å². The average Bonchev–Trinajstić information content (AvgIpc) is 2.88. The average molecular weight is 276 g/mol. The molecule has 0 aromatic heterocycles. The Bertz CT molecular complexity index is 460. The van der Waals surface area contributed by atoms with Crippen LogP contribution >= 0.6 is 12.2 Å². The molecule has 1 aliphatic heterocycles. The monoisotopic (exact) mass is 276 g/mol. The van der Waals surface area contributed by atoms with Crippen molar-refractivity contribution in [1.82, 2.24) is 4.90 Å². The van der Waals surface area contributed by atoms with Gasteiger partial charge in [0.05, 0.1) is 4.99 Å². The third-order valence-electron chi connectivity index (χ3n) is 3.84. The van der Waals surface area contributed by atoms with Crippen molar-refractivity contribution in [3.8, 4) is 0 Å². The highest BCUT2D eigenvalue weighted by Gasteiger charge is 2.32. The van der Waals surface area contributed by atoms with Crippen LogP contribution in [-0.4, -0.2) is 28.9 Å². The van der Waals surface area contributed by atoms with Crippen LogP contribution in [0.3, 0.4) is 0 Å². The van der Waals surface area contributed by atoms with E-state index in [1.54, 1.807) is 0 Å². The Hall–Kier alpha value is -1.42. The molecule has 1 heterocycles. The van der Waals surface area contributed by atoms with Crippen molar-refractivity contribution < 1.29 is 4.79 Å². The second-order valence-corrected chi connectivity index (χ2v) is 5.56. The minimum Gasteiger partial charge on any atom is -0.392 e. The van der Waals surface area contributed by atoms with Gasteiger partial charge in [0.15, 0.2) is 0 Å². The Morgan fingerprint density at radius 1 is 1.47 bits per heavy atom. The van der Waals surface area contributed by atoms with Gasteiger partial charge in [-0.1, -0.05) is 55.9 Å². The molecule has 1 aliphatic rings. The molecule has 19 heavy (non-hydrogen) atoms. The van der Waals surface area contributed by atoms with Gasteiger partial charge in [-0.25, -0.2) is 0 Å². The second-order valence-electron chi connectivity index (χ2n) is 5.09. The van der Waals surface area contributed by atoms with Crippen LogP contribution < -0.4 is 5.73 Å². The molecule has 0 saturated carbocycles. The van der Waals surface area contributed by atoms with Crippen LogP contribution in [0, 0.1) is 5.92 Å². The van der Waals surface area contributed by atoms with Crippen LogP contribution in [0.4, 0.5) is 0 Å². The quantitative estimate of drug-likeness (QED) is 0.858. The van der Waals surface area contributed by atoms with E-state index in [-0.39, 0.29) is 10.9 Å². The zero-order valence-electron chi connectivity index (χ0n) is 11.2. The SMILES string of the molecule is CCC1CCN(C(=O)C(C(N)=S)c2ccccc2)C1. The van der Waals surface area contributed by atoms with E-state index in [0.29, 0.717) is 5.92 Å². The molecular formula is C15H20N2OS. The fourth-order valence-electron chi connectivity index (χ4n) is 2.62. The minimum absolute atomic E-state index is 0.0506. The normalized spacial score (nSPS) is 20.3. The maximum absolute atomic E-state index is 12.6. The molecule has 0 spiro atoms. The van der Waals surface area contributed by atoms with Gasteiger partial charge in [0, 0.05) is 13.1 Å². The smallest absolute Gasteiger partial charge is 0.236 e. The van der Waals surface area contributed by atoms with Crippen molar-refractivity contribution in [1.29, 1.82) is 0 Å². The zero-order valence-corrected chi connectivity index (χ0v) is 12.0. The highest BCUT2D eigenvalue weighted by Crippen LogP contribution is 2.25. The van der Waals surface area contributed by atoms with E-state index in [1.165, 1.54) is 0 Å². The molecule has 1 amide bonds. The van der Waals surface area contributed by atoms with Gasteiger partial charge in [-0.05, 0) is 17.9 Å². The number of nitrogens with zero attached hydrogens (tertiary/aromatic N) is 1. The van der Waals surface area contributed by atoms with Gasteiger partial charge in [-0.15, -0.1) is 0 Å². The van der Waals surface area contributed by atoms with Gasteiger partial charge < -0.3 is 10.6 Å². The van der Waals surface area contributed by atoms with Crippen LogP contribution in [0.2, 0.25) is 0 Å². The molecule has 4 heteroatoms. The molecule has 0 radical (unpaired) electrons. The molecular weight excluding hydrogens is 256 g/mol. The van der Waals surface area contributed by atoms with Gasteiger partial charge in [0.1, 0.15) is 5.92 Å². The largest absolute Gasteiger partial charge is 0.392 e. The van der Waals surface area contributed by atoms with Crippen molar-refractivity contribution in [2.75, 3.05) is 13.1 Å². The first-order valence-corrected chi connectivity index (χ1v) is 7.17. The summed E-state index contributed by atoms with van der Waals surface area (Å²) in [6, 6.07) is 9.57. The van der Waals surface area contributed by atoms with E-state index in [2.05, 4.69) is 6.92 Å². The second kappa shape index (κ2) is 6.15. The molecule has 3 nitrogen and oxygen atoms in total. The Morgan fingerprint density at radius 2 is 2.16 bits per heavy atom. The molecule has 2 N–H and O–H groups in total. The maximum Gasteiger partial charge on any atom is 0.236 e. The number of carbonyl (C=O) groups excluding carboxylic acids is 1. The number of rotatable bonds is 4. The number of thiocarbonyl (C=S) groups is 1. The molecule has 1 fully saturated rings. The predicted octanol–water partition coefficient (Wildman–Crippen LogP) is 2.31. The topological polar surface area (TPSA) is 46.3 Å². The summed E-state index contributed by atoms with van der Waals surface area (Å²) in [4.78, 5) is 14.8. The van der Waals surface area contributed by atoms with Crippen LogP contribution in [-0.2, 0) is 4.79 Å². The molecule has 1 saturated heterocycles. The summed E-state index contributed by atoms with van der Waals surface area (Å²) in [7, 11) is 0. The van der Waals surface area contributed by atoms with Crippen LogP contribution in [0.1, 0.15) is 31.2 Å². The lowest BCUT2D eigenvalue weighted by Crippen LogP contribution is -2.38. The molecule has 1 aromatic carbocycles. The Kier molecular flexibility index (Phi) is 4.53. The summed E-state index contributed by atoms with van der Waals surface area (Å²) < 4.78 is 0. The van der Waals surface area contributed by atoms with Gasteiger partial charge in [-0.2, -0.15) is 0 Å². The summed E-state index contributed by atoms with van der Waals surface area (Å²) in [6.07, 6.45) is 2.20. The first-order chi connectivity index (χ1) is 9.13. The predicted molar refractivity (Wildman–Crippen MR) is 80.9 cm³/mol. The van der Waals surface area contributed by atoms with E-state index in [1.807, 2.05) is 35.2 Å². The van der Waals surface area contributed by atoms with Gasteiger partial charge >= 0.3 is 0 Å². The lowest BCUT2D eigenvalue weighted by molar-refractivity contribution is -0.130.